The van der Waals surface area contributed by atoms with Crippen LogP contribution >= 0.6 is 11.6 Å². The zero-order valence-electron chi connectivity index (χ0n) is 41.5. The predicted octanol–water partition coefficient (Wildman–Crippen LogP) is 10.1. The monoisotopic (exact) mass is 1070 g/mol. The van der Waals surface area contributed by atoms with Crippen LogP contribution in [0.25, 0.3) is 16.6 Å². The third-order valence-corrected chi connectivity index (χ3v) is 16.5. The van der Waals surface area contributed by atoms with Gasteiger partial charge in [-0.1, -0.05) is 56.0 Å². The number of benzene rings is 3. The number of nitrogens with zero attached hydrogens (tertiary/aromatic N) is 4. The second kappa shape index (κ2) is 23.7. The second-order valence-corrected chi connectivity index (χ2v) is 23.5. The van der Waals surface area contributed by atoms with Gasteiger partial charge < -0.3 is 29.6 Å². The highest BCUT2D eigenvalue weighted by Crippen LogP contribution is 2.44. The van der Waals surface area contributed by atoms with Crippen molar-refractivity contribution in [2.75, 3.05) is 76.7 Å². The fourth-order valence-corrected chi connectivity index (χ4v) is 11.3. The number of carbonyl (C=O) groups is 2. The van der Waals surface area contributed by atoms with Gasteiger partial charge in [0.2, 0.25) is 0 Å². The Bertz CT molecular complexity index is 3010. The Morgan fingerprint density at radius 3 is 2.36 bits per heavy atom. The number of unbranched alkanes of at least 4 members (excludes halogenated alkanes) is 3. The molecule has 3 heterocycles. The summed E-state index contributed by atoms with van der Waals surface area (Å²) >= 11 is 6.24. The van der Waals surface area contributed by atoms with Gasteiger partial charge in [0.1, 0.15) is 22.0 Å². The van der Waals surface area contributed by atoms with Gasteiger partial charge in [0.25, 0.3) is 25.8 Å². The molecule has 0 radical (unpaired) electrons. The van der Waals surface area contributed by atoms with Crippen molar-refractivity contribution in [1.82, 2.24) is 24.5 Å². The largest absolute Gasteiger partial charge is 0.501 e. The van der Waals surface area contributed by atoms with Crippen LogP contribution in [0.15, 0.2) is 101 Å². The second-order valence-electron chi connectivity index (χ2n) is 19.4. The Hall–Kier alpha value is -5.67. The number of methoxy groups -OCH3 is 1. The van der Waals surface area contributed by atoms with E-state index in [1.807, 2.05) is 28.8 Å². The van der Waals surface area contributed by atoms with Gasteiger partial charge in [-0.05, 0) is 130 Å². The molecule has 1 aliphatic carbocycles. The third-order valence-electron chi connectivity index (χ3n) is 13.4. The lowest BCUT2D eigenvalue weighted by Crippen LogP contribution is -2.47. The molecule has 1 saturated heterocycles. The molecule has 2 aromatic heterocycles. The maximum atomic E-state index is 14.1. The highest BCUT2D eigenvalue weighted by atomic mass is 35.5. The van der Waals surface area contributed by atoms with Crippen LogP contribution < -0.4 is 19.7 Å². The minimum absolute atomic E-state index is 0.0203. The molecule has 0 saturated carbocycles. The van der Waals surface area contributed by atoms with Crippen molar-refractivity contribution in [3.63, 3.8) is 0 Å². The Morgan fingerprint density at radius 2 is 1.63 bits per heavy atom. The van der Waals surface area contributed by atoms with Gasteiger partial charge in [0, 0.05) is 74.0 Å². The summed E-state index contributed by atoms with van der Waals surface area (Å²) in [5.41, 5.74) is -1.00. The molecule has 0 bridgehead atoms. The number of pyridine rings is 1. The molecular weight excluding hydrogens is 1010 g/mol. The molecule has 2 aliphatic rings. The fraction of sp³-hybridized carbons (Fsp3) is 0.442. The topological polar surface area (TPSA) is 183 Å². The number of hydrogen-bond acceptors (Lipinski definition) is 13. The third kappa shape index (κ3) is 14.3. The van der Waals surface area contributed by atoms with Crippen molar-refractivity contribution in [3.8, 4) is 11.5 Å². The van der Waals surface area contributed by atoms with Crippen molar-refractivity contribution in [2.24, 2.45) is 5.41 Å². The Balaban J connectivity index is 1.05. The molecule has 1 aliphatic heterocycles. The first kappa shape index (κ1) is 55.1. The highest BCUT2D eigenvalue weighted by Gasteiger charge is 2.48. The number of aromatic amines is 1. The van der Waals surface area contributed by atoms with Gasteiger partial charge in [-0.2, -0.15) is 13.2 Å². The zero-order chi connectivity index (χ0) is 52.6. The van der Waals surface area contributed by atoms with Crippen LogP contribution in [-0.4, -0.2) is 121 Å². The summed E-state index contributed by atoms with van der Waals surface area (Å²) in [6.45, 7) is 9.50. The van der Waals surface area contributed by atoms with Crippen molar-refractivity contribution in [2.45, 2.75) is 86.9 Å². The Morgan fingerprint density at radius 1 is 0.904 bits per heavy atom. The first-order valence-electron chi connectivity index (χ1n) is 24.3. The molecule has 0 spiro atoms. The summed E-state index contributed by atoms with van der Waals surface area (Å²) < 4.78 is 109. The molecule has 1 amide bonds. The molecule has 394 valence electrons. The molecule has 7 rings (SSSR count). The van der Waals surface area contributed by atoms with E-state index in [0.29, 0.717) is 60.3 Å². The number of H-pyrrole nitrogens is 1. The van der Waals surface area contributed by atoms with Crippen LogP contribution in [0.1, 0.15) is 87.6 Å². The molecule has 73 heavy (non-hydrogen) atoms. The van der Waals surface area contributed by atoms with Gasteiger partial charge in [-0.3, -0.25) is 14.5 Å². The van der Waals surface area contributed by atoms with Crippen molar-refractivity contribution >= 4 is 71.3 Å². The van der Waals surface area contributed by atoms with Crippen LogP contribution in [-0.2, 0) is 29.4 Å². The fourth-order valence-electron chi connectivity index (χ4n) is 9.17. The van der Waals surface area contributed by atoms with Crippen LogP contribution in [0.3, 0.4) is 0 Å². The van der Waals surface area contributed by atoms with Crippen LogP contribution in [0.5, 0.6) is 11.5 Å². The number of sulfone groups is 1. The lowest BCUT2D eigenvalue weighted by Gasteiger charge is -2.39. The number of sulfonamides is 1. The van der Waals surface area contributed by atoms with E-state index in [2.05, 4.69) is 55.8 Å². The molecule has 15 nitrogen and oxygen atoms in total. The lowest BCUT2D eigenvalue weighted by atomic mass is 9.72. The molecule has 0 unspecified atom stereocenters. The molecule has 1 fully saturated rings. The van der Waals surface area contributed by atoms with Crippen molar-refractivity contribution in [3.05, 3.63) is 107 Å². The number of aromatic nitrogens is 2. The average Bonchev–Trinajstić information content (AvgIpc) is 3.82. The molecule has 3 aromatic carbocycles. The van der Waals surface area contributed by atoms with Gasteiger partial charge in [0.05, 0.1) is 29.5 Å². The van der Waals surface area contributed by atoms with Crippen LogP contribution in [0.4, 0.5) is 24.5 Å². The van der Waals surface area contributed by atoms with Crippen molar-refractivity contribution < 1.29 is 49.1 Å². The predicted molar refractivity (Wildman–Crippen MR) is 277 cm³/mol. The van der Waals surface area contributed by atoms with E-state index in [0.717, 1.165) is 83.3 Å². The summed E-state index contributed by atoms with van der Waals surface area (Å²) in [7, 11) is -7.83. The Kier molecular flexibility index (Phi) is 17.9. The SMILES string of the molecule is COC(=O)CCCCCCN(C)CCCNc1ccc(S(=O)(=O)NC(=O)c2ccc(N3CCN(CC4=C(c5ccc(Cl)cc5)CC(C)(C)CC4)CC3)cc2Oc2cnc3[nH]ccc3c2)cc1S(=O)(=O)C(F)(F)F. The van der Waals surface area contributed by atoms with E-state index in [1.165, 1.54) is 36.1 Å². The number of amides is 1. The number of carbonyl (C=O) groups excluding carboxylic acids is 2. The van der Waals surface area contributed by atoms with Crippen LogP contribution in [0.2, 0.25) is 5.02 Å². The summed E-state index contributed by atoms with van der Waals surface area (Å²) in [6, 6.07) is 18.5. The minimum atomic E-state index is -6.07. The number of hydrogen-bond donors (Lipinski definition) is 3. The van der Waals surface area contributed by atoms with Gasteiger partial charge in [0.15, 0.2) is 0 Å². The first-order chi connectivity index (χ1) is 34.6. The summed E-state index contributed by atoms with van der Waals surface area (Å²) in [5.74, 6) is -1.20. The normalized spacial score (nSPS) is 15.7. The minimum Gasteiger partial charge on any atom is -0.469 e. The molecular formula is C52H63ClF3N7O8S2. The highest BCUT2D eigenvalue weighted by molar-refractivity contribution is 7.92. The number of rotatable bonds is 22. The number of piperazine rings is 1. The number of anilines is 2. The van der Waals surface area contributed by atoms with E-state index in [-0.39, 0.29) is 35.0 Å². The van der Waals surface area contributed by atoms with Crippen LogP contribution in [0, 0.1) is 5.41 Å². The molecule has 0 atom stereocenters. The van der Waals surface area contributed by atoms with Gasteiger partial charge >= 0.3 is 11.5 Å². The number of ether oxygens (including phenoxy) is 2. The van der Waals surface area contributed by atoms with E-state index < -0.39 is 46.8 Å². The molecule has 3 N–H and O–H groups in total. The number of alkyl halides is 3. The standard InChI is InChI=1S/C52H63ClF3N7O8S2/c1-51(2)21-19-38(44(33-51)36-11-13-39(53)14-12-36)35-62-26-28-63(29-27-62)40-15-17-43(46(31-40)71-41-30-37-20-23-58-49(37)59-34-41)50(65)60-73(68,69)42-16-18-45(47(32-42)72(66,67)52(54,55)56)57-22-9-25-61(3)24-8-6-5-7-10-48(64)70-4/h11-18,20,23,30-32,34,57H,5-10,19,21-22,24-29,33,35H2,1-4H3,(H,58,59)(H,60,65). The quantitative estimate of drug-likeness (QED) is 0.0440. The zero-order valence-corrected chi connectivity index (χ0v) is 43.9. The van der Waals surface area contributed by atoms with Gasteiger partial charge in [-0.25, -0.2) is 26.5 Å². The number of esters is 1. The van der Waals surface area contributed by atoms with Gasteiger partial charge in [-0.15, -0.1) is 0 Å². The number of nitrogens with one attached hydrogen (secondary N) is 3. The summed E-state index contributed by atoms with van der Waals surface area (Å²) in [6.07, 6.45) is 10.3. The number of halogens is 4. The van der Waals surface area contributed by atoms with Crippen molar-refractivity contribution in [1.29, 1.82) is 0 Å². The maximum absolute atomic E-state index is 14.1. The first-order valence-corrected chi connectivity index (χ1v) is 27.7. The number of fused-ring (bicyclic) bond motifs is 1. The molecule has 21 heteroatoms. The smallest absolute Gasteiger partial charge is 0.469 e. The summed E-state index contributed by atoms with van der Waals surface area (Å²) in [5, 5.41) is 4.13. The average molecular weight is 1070 g/mol. The van der Waals surface area contributed by atoms with E-state index >= 15 is 0 Å². The maximum Gasteiger partial charge on any atom is 0.501 e. The lowest BCUT2D eigenvalue weighted by molar-refractivity contribution is -0.140. The van der Waals surface area contributed by atoms with E-state index in [9.17, 15) is 39.6 Å². The summed E-state index contributed by atoms with van der Waals surface area (Å²) in [4.78, 5) is 37.1. The Labute approximate surface area is 430 Å². The van der Waals surface area contributed by atoms with E-state index in [1.54, 1.807) is 30.5 Å². The molecule has 5 aromatic rings. The number of allylic oxidation sites excluding steroid dienone is 1. The van der Waals surface area contributed by atoms with E-state index in [4.69, 9.17) is 16.3 Å².